The normalized spacial score (nSPS) is 20.8. The van der Waals surface area contributed by atoms with Crippen molar-refractivity contribution in [2.45, 2.75) is 63.2 Å². The van der Waals surface area contributed by atoms with Crippen LogP contribution in [0.1, 0.15) is 61.5 Å². The van der Waals surface area contributed by atoms with Gasteiger partial charge < -0.3 is 20.2 Å². The van der Waals surface area contributed by atoms with Gasteiger partial charge in [-0.25, -0.2) is 22.2 Å². The largest absolute Gasteiger partial charge is 0.396 e. The number of piperidine rings is 2. The maximum absolute atomic E-state index is 13.7. The minimum Gasteiger partial charge on any atom is -0.396 e. The van der Waals surface area contributed by atoms with Crippen LogP contribution >= 0.6 is 0 Å². The van der Waals surface area contributed by atoms with Gasteiger partial charge in [0.25, 0.3) is 11.8 Å². The number of aliphatic hydroxyl groups is 1. The van der Waals surface area contributed by atoms with Crippen LogP contribution in [0.3, 0.4) is 0 Å². The molecule has 1 aromatic carbocycles. The summed E-state index contributed by atoms with van der Waals surface area (Å²) in [4.78, 5) is 26.3. The van der Waals surface area contributed by atoms with E-state index in [4.69, 9.17) is 0 Å². The number of nitrogens with one attached hydrogen (secondary N) is 1. The van der Waals surface area contributed by atoms with Gasteiger partial charge >= 0.3 is 0 Å². The van der Waals surface area contributed by atoms with Crippen LogP contribution in [-0.4, -0.2) is 73.9 Å². The Labute approximate surface area is 233 Å². The smallest absolute Gasteiger partial charge is 0.258 e. The Hall–Kier alpha value is -2.86. The molecule has 1 saturated carbocycles. The van der Waals surface area contributed by atoms with Crippen LogP contribution in [0.25, 0.3) is 0 Å². The lowest BCUT2D eigenvalue weighted by atomic mass is 9.93. The number of hydrogen-bond donors (Lipinski definition) is 2. The fraction of sp³-hybridized carbons (Fsp3) is 0.607. The van der Waals surface area contributed by atoms with Gasteiger partial charge in [0.1, 0.15) is 5.82 Å². The fourth-order valence-electron chi connectivity index (χ4n) is 5.56. The number of sulfone groups is 1. The van der Waals surface area contributed by atoms with Crippen LogP contribution in [0.15, 0.2) is 29.2 Å². The first-order chi connectivity index (χ1) is 18.9. The minimum atomic E-state index is -3.67. The van der Waals surface area contributed by atoms with Crippen molar-refractivity contribution in [1.82, 2.24) is 9.97 Å². The molecule has 3 fully saturated rings. The van der Waals surface area contributed by atoms with Gasteiger partial charge in [0, 0.05) is 57.4 Å². The van der Waals surface area contributed by atoms with E-state index in [-0.39, 0.29) is 55.0 Å². The second-order valence-electron chi connectivity index (χ2n) is 11.7. The van der Waals surface area contributed by atoms with Crippen molar-refractivity contribution >= 4 is 33.2 Å². The lowest BCUT2D eigenvalue weighted by Gasteiger charge is -2.35. The molecule has 40 heavy (non-hydrogen) atoms. The van der Waals surface area contributed by atoms with Gasteiger partial charge in [0.05, 0.1) is 21.9 Å². The van der Waals surface area contributed by atoms with E-state index in [0.717, 1.165) is 25.9 Å². The summed E-state index contributed by atoms with van der Waals surface area (Å²) in [6.45, 7) is 4.89. The number of hydrogen-bond acceptors (Lipinski definition) is 8. The van der Waals surface area contributed by atoms with Crippen LogP contribution < -0.4 is 15.1 Å². The molecule has 2 aliphatic heterocycles. The number of aryl methyl sites for hydroxylation is 1. The van der Waals surface area contributed by atoms with Crippen molar-refractivity contribution in [2.24, 2.45) is 11.3 Å². The molecule has 0 bridgehead atoms. The number of carbonyl (C=O) groups is 1. The second kappa shape index (κ2) is 10.8. The lowest BCUT2D eigenvalue weighted by Crippen LogP contribution is -2.40. The molecule has 0 radical (unpaired) electrons. The standard InChI is InChI=1S/C28H37F2N5O4S/c1-19(17-36)18-40(38,39)21-3-4-22(23(16-21)34-11-7-27(5-6-27)8-12-34)25(37)32-24-15-20(2)31-26(33-24)35-13-9-28(29,30)10-14-35/h3-4,15-16,19,36H,5-14,17-18H2,1-2H3,(H,31,32,33,37)/t19-/m1/s1. The summed E-state index contributed by atoms with van der Waals surface area (Å²) in [5, 5.41) is 12.2. The third-order valence-electron chi connectivity index (χ3n) is 8.37. The third kappa shape index (κ3) is 6.38. The van der Waals surface area contributed by atoms with E-state index in [0.29, 0.717) is 22.4 Å². The van der Waals surface area contributed by atoms with Gasteiger partial charge in [-0.1, -0.05) is 6.92 Å². The zero-order chi connectivity index (χ0) is 28.7. The first-order valence-corrected chi connectivity index (χ1v) is 15.6. The summed E-state index contributed by atoms with van der Waals surface area (Å²) in [7, 11) is -3.67. The van der Waals surface area contributed by atoms with E-state index >= 15 is 0 Å². The predicted octanol–water partition coefficient (Wildman–Crippen LogP) is 4.06. The molecule has 1 atom stereocenters. The minimum absolute atomic E-state index is 0.119. The molecule has 2 N–H and O–H groups in total. The van der Waals surface area contributed by atoms with Crippen molar-refractivity contribution in [2.75, 3.05) is 53.7 Å². The van der Waals surface area contributed by atoms with E-state index in [2.05, 4.69) is 20.2 Å². The topological polar surface area (TPSA) is 116 Å². The summed E-state index contributed by atoms with van der Waals surface area (Å²) in [6, 6.07) is 6.16. The number of carbonyl (C=O) groups excluding carboxylic acids is 1. The summed E-state index contributed by atoms with van der Waals surface area (Å²) >= 11 is 0. The van der Waals surface area contributed by atoms with Crippen LogP contribution in [0.4, 0.5) is 26.2 Å². The van der Waals surface area contributed by atoms with Crippen molar-refractivity contribution in [3.8, 4) is 0 Å². The van der Waals surface area contributed by atoms with Crippen molar-refractivity contribution in [3.63, 3.8) is 0 Å². The van der Waals surface area contributed by atoms with Crippen LogP contribution in [0, 0.1) is 18.3 Å². The molecule has 9 nitrogen and oxygen atoms in total. The first-order valence-electron chi connectivity index (χ1n) is 13.9. The Bertz CT molecular complexity index is 1360. The maximum atomic E-state index is 13.7. The van der Waals surface area contributed by atoms with E-state index in [9.17, 15) is 27.1 Å². The Balaban J connectivity index is 1.41. The van der Waals surface area contributed by atoms with E-state index in [1.165, 1.54) is 25.0 Å². The van der Waals surface area contributed by atoms with E-state index in [1.54, 1.807) is 30.9 Å². The number of alkyl halides is 2. The predicted molar refractivity (Wildman–Crippen MR) is 149 cm³/mol. The molecule has 1 spiro atoms. The number of nitrogens with zero attached hydrogens (tertiary/aromatic N) is 4. The highest BCUT2D eigenvalue weighted by Crippen LogP contribution is 2.54. The fourth-order valence-corrected chi connectivity index (χ4v) is 7.17. The molecule has 1 aliphatic carbocycles. The molecule has 3 aliphatic rings. The Morgan fingerprint density at radius 3 is 2.30 bits per heavy atom. The second-order valence-corrected chi connectivity index (χ2v) is 13.8. The van der Waals surface area contributed by atoms with Crippen molar-refractivity contribution in [1.29, 1.82) is 0 Å². The van der Waals surface area contributed by atoms with E-state index < -0.39 is 27.6 Å². The van der Waals surface area contributed by atoms with Gasteiger partial charge in [0.15, 0.2) is 9.84 Å². The van der Waals surface area contributed by atoms with Crippen molar-refractivity contribution < 1.29 is 27.1 Å². The molecule has 1 amide bonds. The summed E-state index contributed by atoms with van der Waals surface area (Å²) in [5.41, 5.74) is 1.86. The third-order valence-corrected chi connectivity index (χ3v) is 10.4. The van der Waals surface area contributed by atoms with Crippen LogP contribution in [0.5, 0.6) is 0 Å². The number of aromatic nitrogens is 2. The van der Waals surface area contributed by atoms with Gasteiger partial charge in [-0.05, 0) is 62.1 Å². The monoisotopic (exact) mass is 577 g/mol. The van der Waals surface area contributed by atoms with E-state index in [1.807, 2.05) is 0 Å². The van der Waals surface area contributed by atoms with Crippen molar-refractivity contribution in [3.05, 3.63) is 35.5 Å². The highest BCUT2D eigenvalue weighted by atomic mass is 32.2. The molecule has 3 heterocycles. The average molecular weight is 578 g/mol. The SMILES string of the molecule is Cc1cc(NC(=O)c2ccc(S(=O)(=O)C[C@H](C)CO)cc2N2CCC3(CC2)CC3)nc(N2CCC(F)(F)CC2)n1. The van der Waals surface area contributed by atoms with Gasteiger partial charge in [-0.15, -0.1) is 0 Å². The number of benzene rings is 1. The van der Waals surface area contributed by atoms with Gasteiger partial charge in [-0.3, -0.25) is 4.79 Å². The molecular weight excluding hydrogens is 540 g/mol. The molecule has 0 unspecified atom stereocenters. The summed E-state index contributed by atoms with van der Waals surface area (Å²) < 4.78 is 53.5. The molecule has 5 rings (SSSR count). The number of anilines is 3. The molecule has 218 valence electrons. The zero-order valence-corrected chi connectivity index (χ0v) is 23.8. The molecule has 1 aromatic heterocycles. The Morgan fingerprint density at radius 2 is 1.68 bits per heavy atom. The highest BCUT2D eigenvalue weighted by Gasteiger charge is 2.44. The number of rotatable bonds is 8. The maximum Gasteiger partial charge on any atom is 0.258 e. The quantitative estimate of drug-likeness (QED) is 0.483. The summed E-state index contributed by atoms with van der Waals surface area (Å²) in [6.07, 6.45) is 3.86. The summed E-state index contributed by atoms with van der Waals surface area (Å²) in [5.74, 6) is -3.21. The van der Waals surface area contributed by atoms with Crippen LogP contribution in [-0.2, 0) is 9.84 Å². The Morgan fingerprint density at radius 1 is 1.02 bits per heavy atom. The molecule has 2 saturated heterocycles. The number of aliphatic hydroxyl groups excluding tert-OH is 1. The molecule has 2 aromatic rings. The first kappa shape index (κ1) is 28.7. The number of amides is 1. The zero-order valence-electron chi connectivity index (χ0n) is 23.0. The molecular formula is C28H37F2N5O4S. The average Bonchev–Trinajstić information content (AvgIpc) is 3.66. The molecule has 12 heteroatoms. The van der Waals surface area contributed by atoms with Gasteiger partial charge in [0.2, 0.25) is 5.95 Å². The highest BCUT2D eigenvalue weighted by molar-refractivity contribution is 7.91. The number of halogens is 2. The van der Waals surface area contributed by atoms with Gasteiger partial charge in [-0.2, -0.15) is 4.98 Å². The van der Waals surface area contributed by atoms with Crippen LogP contribution in [0.2, 0.25) is 0 Å². The Kier molecular flexibility index (Phi) is 7.77. The lowest BCUT2D eigenvalue weighted by molar-refractivity contribution is -0.0222.